The molecule has 0 aliphatic rings. The van der Waals surface area contributed by atoms with Gasteiger partial charge >= 0.3 is 6.03 Å². The van der Waals surface area contributed by atoms with Crippen molar-refractivity contribution in [2.75, 3.05) is 18.8 Å². The van der Waals surface area contributed by atoms with Crippen LogP contribution in [0, 0.1) is 0 Å². The van der Waals surface area contributed by atoms with Gasteiger partial charge in [-0.1, -0.05) is 0 Å². The van der Waals surface area contributed by atoms with Crippen LogP contribution in [0.4, 0.5) is 4.79 Å². The Morgan fingerprint density at radius 2 is 2.33 bits per heavy atom. The van der Waals surface area contributed by atoms with Gasteiger partial charge < -0.3 is 10.6 Å². The Labute approximate surface area is 60.6 Å². The summed E-state index contributed by atoms with van der Waals surface area (Å²) < 4.78 is 0. The molecule has 54 valence electrons. The van der Waals surface area contributed by atoms with Crippen LogP contribution < -0.4 is 5.73 Å². The van der Waals surface area contributed by atoms with Gasteiger partial charge in [0, 0.05) is 18.8 Å². The zero-order valence-corrected chi connectivity index (χ0v) is 6.40. The zero-order valence-electron chi connectivity index (χ0n) is 5.50. The summed E-state index contributed by atoms with van der Waals surface area (Å²) in [5.74, 6) is 0.663. The third-order valence-electron chi connectivity index (χ3n) is 1.06. The average Bonchev–Trinajstić information content (AvgIpc) is 1.82. The minimum absolute atomic E-state index is 0.369. The fourth-order valence-corrected chi connectivity index (χ4v) is 0.786. The first kappa shape index (κ1) is 8.62. The molecule has 9 heavy (non-hydrogen) atoms. The number of rotatable bonds is 3. The van der Waals surface area contributed by atoms with Crippen LogP contribution >= 0.6 is 12.6 Å². The van der Waals surface area contributed by atoms with E-state index in [2.05, 4.69) is 12.6 Å². The zero-order chi connectivity index (χ0) is 7.28. The normalized spacial score (nSPS) is 9.11. The number of carbonyl (C=O) groups is 1. The number of urea groups is 1. The predicted octanol–water partition coefficient (Wildman–Crippen LogP) is 0.317. The standard InChI is InChI=1S/C5H12N2OS/c1-2-7(3-4-9)5(6)8/h9H,2-4H2,1H3,(H2,6,8). The van der Waals surface area contributed by atoms with Crippen LogP contribution in [-0.2, 0) is 0 Å². The minimum atomic E-state index is -0.369. The Morgan fingerprint density at radius 3 is 2.44 bits per heavy atom. The number of nitrogens with zero attached hydrogens (tertiary/aromatic N) is 1. The molecule has 2 N–H and O–H groups in total. The maximum Gasteiger partial charge on any atom is 0.314 e. The van der Waals surface area contributed by atoms with E-state index in [1.165, 1.54) is 4.90 Å². The molecule has 4 heteroatoms. The largest absolute Gasteiger partial charge is 0.351 e. The number of hydrogen-bond donors (Lipinski definition) is 2. The summed E-state index contributed by atoms with van der Waals surface area (Å²) in [6, 6.07) is -0.369. The first-order valence-corrected chi connectivity index (χ1v) is 3.50. The second-order valence-electron chi connectivity index (χ2n) is 1.64. The number of primary amides is 1. The van der Waals surface area contributed by atoms with Crippen molar-refractivity contribution in [3.05, 3.63) is 0 Å². The van der Waals surface area contributed by atoms with Crippen molar-refractivity contribution in [1.29, 1.82) is 0 Å². The lowest BCUT2D eigenvalue weighted by Crippen LogP contribution is -2.36. The Morgan fingerprint density at radius 1 is 1.78 bits per heavy atom. The van der Waals surface area contributed by atoms with Crippen LogP contribution in [0.1, 0.15) is 6.92 Å². The Hall–Kier alpha value is -0.380. The number of hydrogen-bond acceptors (Lipinski definition) is 2. The summed E-state index contributed by atoms with van der Waals surface area (Å²) in [5, 5.41) is 0. The number of carbonyl (C=O) groups excluding carboxylic acids is 1. The van der Waals surface area contributed by atoms with Gasteiger partial charge in [-0.3, -0.25) is 0 Å². The molecule has 0 heterocycles. The number of thiol groups is 1. The second kappa shape index (κ2) is 4.49. The van der Waals surface area contributed by atoms with Crippen molar-refractivity contribution >= 4 is 18.7 Å². The highest BCUT2D eigenvalue weighted by molar-refractivity contribution is 7.80. The highest BCUT2D eigenvalue weighted by Gasteiger charge is 2.02. The van der Waals surface area contributed by atoms with E-state index >= 15 is 0 Å². The van der Waals surface area contributed by atoms with Crippen LogP contribution in [0.5, 0.6) is 0 Å². The molecule has 0 aliphatic heterocycles. The highest BCUT2D eigenvalue weighted by Crippen LogP contribution is 1.86. The maximum absolute atomic E-state index is 10.4. The van der Waals surface area contributed by atoms with E-state index in [0.717, 1.165) is 0 Å². The molecule has 0 rings (SSSR count). The van der Waals surface area contributed by atoms with E-state index in [9.17, 15) is 4.79 Å². The molecule has 0 aromatic heterocycles. The number of nitrogens with two attached hydrogens (primary N) is 1. The van der Waals surface area contributed by atoms with Crippen molar-refractivity contribution in [3.63, 3.8) is 0 Å². The van der Waals surface area contributed by atoms with Crippen LogP contribution in [0.3, 0.4) is 0 Å². The molecular weight excluding hydrogens is 136 g/mol. The lowest BCUT2D eigenvalue weighted by molar-refractivity contribution is 0.213. The van der Waals surface area contributed by atoms with Crippen molar-refractivity contribution in [2.45, 2.75) is 6.92 Å². The molecule has 0 aliphatic carbocycles. The molecule has 0 radical (unpaired) electrons. The summed E-state index contributed by atoms with van der Waals surface area (Å²) in [5.41, 5.74) is 4.99. The van der Waals surface area contributed by atoms with Gasteiger partial charge in [-0.25, -0.2) is 4.79 Å². The molecule has 0 spiro atoms. The van der Waals surface area contributed by atoms with Crippen molar-refractivity contribution in [3.8, 4) is 0 Å². The van der Waals surface area contributed by atoms with Gasteiger partial charge in [-0.05, 0) is 6.92 Å². The Bertz CT molecular complexity index is 97.0. The summed E-state index contributed by atoms with van der Waals surface area (Å²) in [6.45, 7) is 3.18. The van der Waals surface area contributed by atoms with E-state index in [0.29, 0.717) is 18.8 Å². The molecule has 0 unspecified atom stereocenters. The lowest BCUT2D eigenvalue weighted by Gasteiger charge is -2.15. The first-order valence-electron chi connectivity index (χ1n) is 2.87. The van der Waals surface area contributed by atoms with E-state index in [1.807, 2.05) is 6.92 Å². The first-order chi connectivity index (χ1) is 4.22. The molecule has 2 amide bonds. The summed E-state index contributed by atoms with van der Waals surface area (Å²) in [6.07, 6.45) is 0. The SMILES string of the molecule is CCN(CCS)C(N)=O. The maximum atomic E-state index is 10.4. The van der Waals surface area contributed by atoms with Crippen LogP contribution in [0.2, 0.25) is 0 Å². The van der Waals surface area contributed by atoms with Gasteiger partial charge in [0.15, 0.2) is 0 Å². The number of amides is 2. The Kier molecular flexibility index (Phi) is 4.30. The van der Waals surface area contributed by atoms with Crippen molar-refractivity contribution < 1.29 is 4.79 Å². The molecule has 0 saturated carbocycles. The van der Waals surface area contributed by atoms with Crippen LogP contribution in [0.25, 0.3) is 0 Å². The van der Waals surface area contributed by atoms with E-state index in [1.54, 1.807) is 0 Å². The highest BCUT2D eigenvalue weighted by atomic mass is 32.1. The van der Waals surface area contributed by atoms with Gasteiger partial charge in [0.1, 0.15) is 0 Å². The second-order valence-corrected chi connectivity index (χ2v) is 2.09. The average molecular weight is 148 g/mol. The smallest absolute Gasteiger partial charge is 0.314 e. The van der Waals surface area contributed by atoms with Gasteiger partial charge in [-0.15, -0.1) is 0 Å². The molecule has 0 fully saturated rings. The van der Waals surface area contributed by atoms with Crippen molar-refractivity contribution in [2.24, 2.45) is 5.73 Å². The third kappa shape index (κ3) is 3.24. The van der Waals surface area contributed by atoms with Gasteiger partial charge in [0.2, 0.25) is 0 Å². The molecular formula is C5H12N2OS. The van der Waals surface area contributed by atoms with Gasteiger partial charge in [0.25, 0.3) is 0 Å². The molecule has 0 atom stereocenters. The fourth-order valence-electron chi connectivity index (χ4n) is 0.545. The van der Waals surface area contributed by atoms with Gasteiger partial charge in [-0.2, -0.15) is 12.6 Å². The summed E-state index contributed by atoms with van der Waals surface area (Å²) in [4.78, 5) is 12.0. The molecule has 0 saturated heterocycles. The summed E-state index contributed by atoms with van der Waals surface area (Å²) in [7, 11) is 0. The Balaban J connectivity index is 3.54. The molecule has 0 aromatic carbocycles. The van der Waals surface area contributed by atoms with Crippen LogP contribution in [-0.4, -0.2) is 29.8 Å². The fraction of sp³-hybridized carbons (Fsp3) is 0.800. The molecule has 3 nitrogen and oxygen atoms in total. The summed E-state index contributed by atoms with van der Waals surface area (Å²) >= 11 is 3.96. The van der Waals surface area contributed by atoms with Crippen molar-refractivity contribution in [1.82, 2.24) is 4.90 Å². The monoisotopic (exact) mass is 148 g/mol. The van der Waals surface area contributed by atoms with E-state index in [4.69, 9.17) is 5.73 Å². The molecule has 0 aromatic rings. The van der Waals surface area contributed by atoms with Gasteiger partial charge in [0.05, 0.1) is 0 Å². The van der Waals surface area contributed by atoms with E-state index in [-0.39, 0.29) is 6.03 Å². The van der Waals surface area contributed by atoms with Crippen LogP contribution in [0.15, 0.2) is 0 Å². The minimum Gasteiger partial charge on any atom is -0.351 e. The predicted molar refractivity (Wildman–Crippen MR) is 40.7 cm³/mol. The quantitative estimate of drug-likeness (QED) is 0.556. The topological polar surface area (TPSA) is 46.3 Å². The third-order valence-corrected chi connectivity index (χ3v) is 1.26. The lowest BCUT2D eigenvalue weighted by atomic mass is 10.5. The van der Waals surface area contributed by atoms with E-state index < -0.39 is 0 Å². The molecule has 0 bridgehead atoms.